The van der Waals surface area contributed by atoms with Gasteiger partial charge in [0.25, 0.3) is 0 Å². The maximum absolute atomic E-state index is 9.41. The molecular formula is C17H13N5. The second kappa shape index (κ2) is 6.02. The molecule has 106 valence electrons. The summed E-state index contributed by atoms with van der Waals surface area (Å²) in [4.78, 5) is 8.35. The van der Waals surface area contributed by atoms with Crippen LogP contribution in [0.4, 0.5) is 0 Å². The summed E-state index contributed by atoms with van der Waals surface area (Å²) in [5.74, 6) is 0. The third kappa shape index (κ3) is 2.76. The standard InChI is InChI=1S/C17H13N5/c1-22-12-15(17(21-22)13-5-4-7-19-11-13)9-14(10-18)16-6-2-3-8-20-16/h2-9,11-12H,1H3/b14-9-. The highest BCUT2D eigenvalue weighted by molar-refractivity contribution is 5.91. The number of hydrogen-bond donors (Lipinski definition) is 0. The molecule has 3 aromatic heterocycles. The fraction of sp³-hybridized carbons (Fsp3) is 0.0588. The van der Waals surface area contributed by atoms with Crippen molar-refractivity contribution in [1.29, 1.82) is 5.26 Å². The van der Waals surface area contributed by atoms with Crippen molar-refractivity contribution in [3.8, 4) is 17.3 Å². The number of rotatable bonds is 3. The molecule has 3 rings (SSSR count). The van der Waals surface area contributed by atoms with Crippen LogP contribution < -0.4 is 0 Å². The van der Waals surface area contributed by atoms with Crippen LogP contribution in [0.1, 0.15) is 11.3 Å². The number of aryl methyl sites for hydroxylation is 1. The maximum atomic E-state index is 9.41. The Morgan fingerprint density at radius 3 is 2.82 bits per heavy atom. The minimum absolute atomic E-state index is 0.499. The van der Waals surface area contributed by atoms with Crippen molar-refractivity contribution in [2.24, 2.45) is 7.05 Å². The van der Waals surface area contributed by atoms with Gasteiger partial charge in [-0.1, -0.05) is 6.07 Å². The van der Waals surface area contributed by atoms with Crippen LogP contribution in [0.25, 0.3) is 22.9 Å². The predicted molar refractivity (Wildman–Crippen MR) is 84.2 cm³/mol. The van der Waals surface area contributed by atoms with Crippen molar-refractivity contribution in [1.82, 2.24) is 19.7 Å². The Labute approximate surface area is 128 Å². The first-order chi connectivity index (χ1) is 10.8. The number of nitriles is 1. The number of hydrogen-bond acceptors (Lipinski definition) is 4. The van der Waals surface area contributed by atoms with Crippen LogP contribution in [-0.2, 0) is 7.05 Å². The molecule has 0 N–H and O–H groups in total. The zero-order chi connectivity index (χ0) is 15.4. The average molecular weight is 287 g/mol. The molecule has 0 radical (unpaired) electrons. The first kappa shape index (κ1) is 13.7. The van der Waals surface area contributed by atoms with Crippen molar-refractivity contribution in [3.63, 3.8) is 0 Å². The summed E-state index contributed by atoms with van der Waals surface area (Å²) in [5.41, 5.74) is 3.70. The lowest BCUT2D eigenvalue weighted by molar-refractivity contribution is 0.770. The van der Waals surface area contributed by atoms with Crippen molar-refractivity contribution < 1.29 is 0 Å². The van der Waals surface area contributed by atoms with Gasteiger partial charge in [0, 0.05) is 43.0 Å². The Balaban J connectivity index is 2.10. The SMILES string of the molecule is Cn1cc(/C=C(/C#N)c2ccccn2)c(-c2cccnc2)n1. The average Bonchev–Trinajstić information content (AvgIpc) is 2.95. The van der Waals surface area contributed by atoms with Crippen molar-refractivity contribution >= 4 is 11.6 Å². The van der Waals surface area contributed by atoms with Crippen molar-refractivity contribution in [2.45, 2.75) is 0 Å². The molecule has 0 saturated heterocycles. The Morgan fingerprint density at radius 2 is 2.14 bits per heavy atom. The lowest BCUT2D eigenvalue weighted by Gasteiger charge is -2.00. The van der Waals surface area contributed by atoms with Crippen LogP contribution in [0.5, 0.6) is 0 Å². The number of pyridine rings is 2. The summed E-state index contributed by atoms with van der Waals surface area (Å²) in [6, 6.07) is 11.5. The van der Waals surface area contributed by atoms with E-state index < -0.39 is 0 Å². The van der Waals surface area contributed by atoms with E-state index in [0.29, 0.717) is 11.3 Å². The summed E-state index contributed by atoms with van der Waals surface area (Å²) in [5, 5.41) is 13.9. The van der Waals surface area contributed by atoms with Gasteiger partial charge in [0.05, 0.1) is 11.3 Å². The normalized spacial score (nSPS) is 11.2. The molecule has 5 nitrogen and oxygen atoms in total. The van der Waals surface area contributed by atoms with Crippen LogP contribution in [0.2, 0.25) is 0 Å². The monoisotopic (exact) mass is 287 g/mol. The van der Waals surface area contributed by atoms with Crippen LogP contribution in [0, 0.1) is 11.3 Å². The minimum Gasteiger partial charge on any atom is -0.275 e. The van der Waals surface area contributed by atoms with Crippen molar-refractivity contribution in [3.05, 3.63) is 66.4 Å². The Morgan fingerprint density at radius 1 is 1.23 bits per heavy atom. The first-order valence-electron chi connectivity index (χ1n) is 6.75. The van der Waals surface area contributed by atoms with E-state index in [1.807, 2.05) is 43.6 Å². The molecule has 5 heteroatoms. The van der Waals surface area contributed by atoms with Crippen LogP contribution in [0.15, 0.2) is 55.1 Å². The summed E-state index contributed by atoms with van der Waals surface area (Å²) < 4.78 is 1.72. The summed E-state index contributed by atoms with van der Waals surface area (Å²) in [7, 11) is 1.85. The van der Waals surface area contributed by atoms with E-state index in [9.17, 15) is 5.26 Å². The lowest BCUT2D eigenvalue weighted by Crippen LogP contribution is -1.88. The van der Waals surface area contributed by atoms with E-state index in [4.69, 9.17) is 0 Å². The van der Waals surface area contributed by atoms with E-state index in [1.165, 1.54) is 0 Å². The topological polar surface area (TPSA) is 67.4 Å². The van der Waals surface area contributed by atoms with Gasteiger partial charge in [-0.2, -0.15) is 10.4 Å². The van der Waals surface area contributed by atoms with Crippen LogP contribution in [0.3, 0.4) is 0 Å². The Bertz CT molecular complexity index is 842. The first-order valence-corrected chi connectivity index (χ1v) is 6.75. The molecule has 0 spiro atoms. The van der Waals surface area contributed by atoms with E-state index in [2.05, 4.69) is 21.1 Å². The number of allylic oxidation sites excluding steroid dienone is 1. The molecule has 0 fully saturated rings. The molecule has 0 aliphatic rings. The lowest BCUT2D eigenvalue weighted by atomic mass is 10.1. The smallest absolute Gasteiger partial charge is 0.101 e. The molecule has 0 aliphatic carbocycles. The third-order valence-corrected chi connectivity index (χ3v) is 3.15. The maximum Gasteiger partial charge on any atom is 0.101 e. The van der Waals surface area contributed by atoms with Gasteiger partial charge in [0.1, 0.15) is 11.8 Å². The molecule has 0 amide bonds. The van der Waals surface area contributed by atoms with Gasteiger partial charge in [-0.25, -0.2) is 0 Å². The van der Waals surface area contributed by atoms with Gasteiger partial charge >= 0.3 is 0 Å². The third-order valence-electron chi connectivity index (χ3n) is 3.15. The van der Waals surface area contributed by atoms with Gasteiger partial charge in [0.2, 0.25) is 0 Å². The zero-order valence-corrected chi connectivity index (χ0v) is 12.0. The minimum atomic E-state index is 0.499. The van der Waals surface area contributed by atoms with Gasteiger partial charge in [0.15, 0.2) is 0 Å². The molecule has 0 aromatic carbocycles. The molecule has 22 heavy (non-hydrogen) atoms. The zero-order valence-electron chi connectivity index (χ0n) is 12.0. The van der Waals surface area contributed by atoms with Gasteiger partial charge in [-0.05, 0) is 30.3 Å². The van der Waals surface area contributed by atoms with Gasteiger partial charge in [-0.3, -0.25) is 14.6 Å². The van der Waals surface area contributed by atoms with Crippen molar-refractivity contribution in [2.75, 3.05) is 0 Å². The van der Waals surface area contributed by atoms with Gasteiger partial charge in [-0.15, -0.1) is 0 Å². The van der Waals surface area contributed by atoms with E-state index in [0.717, 1.165) is 16.8 Å². The van der Waals surface area contributed by atoms with E-state index >= 15 is 0 Å². The summed E-state index contributed by atoms with van der Waals surface area (Å²) in [6.45, 7) is 0. The Kier molecular flexibility index (Phi) is 3.75. The summed E-state index contributed by atoms with van der Waals surface area (Å²) >= 11 is 0. The predicted octanol–water partition coefficient (Wildman–Crippen LogP) is 2.94. The largest absolute Gasteiger partial charge is 0.275 e. The second-order valence-corrected chi connectivity index (χ2v) is 4.73. The van der Waals surface area contributed by atoms with Crippen LogP contribution >= 0.6 is 0 Å². The fourth-order valence-electron chi connectivity index (χ4n) is 2.18. The number of nitrogens with zero attached hydrogens (tertiary/aromatic N) is 5. The highest BCUT2D eigenvalue weighted by Gasteiger charge is 2.10. The van der Waals surface area contributed by atoms with Gasteiger partial charge < -0.3 is 0 Å². The van der Waals surface area contributed by atoms with E-state index in [1.54, 1.807) is 29.3 Å². The van der Waals surface area contributed by atoms with E-state index in [-0.39, 0.29) is 0 Å². The Hall–Kier alpha value is -3.26. The summed E-state index contributed by atoms with van der Waals surface area (Å²) in [6.07, 6.45) is 8.83. The van der Waals surface area contributed by atoms with Crippen LogP contribution in [-0.4, -0.2) is 19.7 Å². The second-order valence-electron chi connectivity index (χ2n) is 4.73. The molecule has 3 aromatic rings. The highest BCUT2D eigenvalue weighted by atomic mass is 15.2. The molecule has 0 atom stereocenters. The molecule has 0 aliphatic heterocycles. The molecular weight excluding hydrogens is 274 g/mol. The molecule has 0 unspecified atom stereocenters. The number of aromatic nitrogens is 4. The highest BCUT2D eigenvalue weighted by Crippen LogP contribution is 2.25. The quantitative estimate of drug-likeness (QED) is 0.695. The molecule has 3 heterocycles. The molecule has 0 saturated carbocycles. The fourth-order valence-corrected chi connectivity index (χ4v) is 2.18. The molecule has 0 bridgehead atoms.